The Balaban J connectivity index is 1.54. The van der Waals surface area contributed by atoms with E-state index in [0.29, 0.717) is 17.1 Å². The summed E-state index contributed by atoms with van der Waals surface area (Å²) in [7, 11) is -1.92. The molecule has 2 aromatic carbocycles. The maximum Gasteiger partial charge on any atom is 0.261 e. The second kappa shape index (κ2) is 9.03. The fraction of sp³-hybridized carbons (Fsp3) is 0.0870. The summed E-state index contributed by atoms with van der Waals surface area (Å²) < 4.78 is 29.5. The number of carbonyl (C=O) groups is 1. The molecule has 0 spiro atoms. The Morgan fingerprint density at radius 1 is 0.938 bits per heavy atom. The number of rotatable bonds is 7. The number of sulfonamides is 1. The van der Waals surface area contributed by atoms with Crippen LogP contribution in [0.1, 0.15) is 27.8 Å². The van der Waals surface area contributed by atoms with Gasteiger partial charge < -0.3 is 9.88 Å². The number of anilines is 1. The summed E-state index contributed by atoms with van der Waals surface area (Å²) in [4.78, 5) is 21.3. The summed E-state index contributed by atoms with van der Waals surface area (Å²) in [6.07, 6.45) is 6.48. The minimum atomic E-state index is -3.79. The molecule has 2 heterocycles. The topological polar surface area (TPSA) is 106 Å². The van der Waals surface area contributed by atoms with Crippen LogP contribution in [0.25, 0.3) is 0 Å². The van der Waals surface area contributed by atoms with Crippen molar-refractivity contribution in [1.29, 1.82) is 0 Å². The SMILES string of the molecule is Cn1ccnc1C(NC(=O)c1ccc(S(=O)(=O)Nc2ccncc2)cc1)c1ccccc1. The van der Waals surface area contributed by atoms with Crippen molar-refractivity contribution in [2.75, 3.05) is 4.72 Å². The number of imidazole rings is 1. The smallest absolute Gasteiger partial charge is 0.261 e. The number of carbonyl (C=O) groups excluding carboxylic acids is 1. The monoisotopic (exact) mass is 447 g/mol. The van der Waals surface area contributed by atoms with Gasteiger partial charge in [-0.3, -0.25) is 14.5 Å². The molecule has 0 aliphatic heterocycles. The predicted octanol–water partition coefficient (Wildman–Crippen LogP) is 3.14. The van der Waals surface area contributed by atoms with Gasteiger partial charge in [-0.1, -0.05) is 30.3 Å². The molecule has 4 rings (SSSR count). The number of benzene rings is 2. The average molecular weight is 448 g/mol. The fourth-order valence-corrected chi connectivity index (χ4v) is 4.29. The Labute approximate surface area is 186 Å². The number of aryl methyl sites for hydroxylation is 1. The van der Waals surface area contributed by atoms with Crippen LogP contribution in [0.4, 0.5) is 5.69 Å². The zero-order valence-corrected chi connectivity index (χ0v) is 18.0. The maximum absolute atomic E-state index is 13.0. The van der Waals surface area contributed by atoms with Crippen LogP contribution in [0.2, 0.25) is 0 Å². The average Bonchev–Trinajstić information content (AvgIpc) is 3.24. The summed E-state index contributed by atoms with van der Waals surface area (Å²) >= 11 is 0. The molecule has 0 aliphatic carbocycles. The summed E-state index contributed by atoms with van der Waals surface area (Å²) in [5, 5.41) is 3.00. The third-order valence-corrected chi connectivity index (χ3v) is 6.28. The van der Waals surface area contributed by atoms with Gasteiger partial charge in [-0.15, -0.1) is 0 Å². The van der Waals surface area contributed by atoms with Crippen molar-refractivity contribution in [2.45, 2.75) is 10.9 Å². The van der Waals surface area contributed by atoms with Crippen molar-refractivity contribution in [3.63, 3.8) is 0 Å². The number of hydrogen-bond acceptors (Lipinski definition) is 5. The molecule has 1 atom stereocenters. The number of hydrogen-bond donors (Lipinski definition) is 2. The first kappa shape index (κ1) is 21.3. The van der Waals surface area contributed by atoms with E-state index in [1.165, 1.54) is 36.7 Å². The molecule has 2 aromatic heterocycles. The van der Waals surface area contributed by atoms with Gasteiger partial charge in [0.05, 0.1) is 10.6 Å². The Hall–Kier alpha value is -3.98. The minimum absolute atomic E-state index is 0.0505. The third-order valence-electron chi connectivity index (χ3n) is 4.88. The molecule has 4 aromatic rings. The molecule has 0 bridgehead atoms. The Kier molecular flexibility index (Phi) is 6.00. The zero-order valence-electron chi connectivity index (χ0n) is 17.2. The molecule has 0 saturated heterocycles. The van der Waals surface area contributed by atoms with Crippen molar-refractivity contribution in [3.8, 4) is 0 Å². The normalized spacial score (nSPS) is 12.2. The highest BCUT2D eigenvalue weighted by molar-refractivity contribution is 7.92. The highest BCUT2D eigenvalue weighted by Crippen LogP contribution is 2.21. The predicted molar refractivity (Wildman–Crippen MR) is 120 cm³/mol. The number of nitrogens with zero attached hydrogens (tertiary/aromatic N) is 3. The highest BCUT2D eigenvalue weighted by Gasteiger charge is 2.22. The van der Waals surface area contributed by atoms with Gasteiger partial charge in [-0.2, -0.15) is 0 Å². The van der Waals surface area contributed by atoms with Crippen LogP contribution in [0.5, 0.6) is 0 Å². The quantitative estimate of drug-likeness (QED) is 0.453. The lowest BCUT2D eigenvalue weighted by atomic mass is 10.1. The van der Waals surface area contributed by atoms with E-state index in [0.717, 1.165) is 5.56 Å². The molecule has 0 aliphatic rings. The van der Waals surface area contributed by atoms with Gasteiger partial charge in [0, 0.05) is 37.4 Å². The largest absolute Gasteiger partial charge is 0.338 e. The number of nitrogens with one attached hydrogen (secondary N) is 2. The second-order valence-corrected chi connectivity index (χ2v) is 8.76. The van der Waals surface area contributed by atoms with Gasteiger partial charge in [0.2, 0.25) is 0 Å². The molecule has 8 nitrogen and oxygen atoms in total. The van der Waals surface area contributed by atoms with E-state index in [4.69, 9.17) is 0 Å². The van der Waals surface area contributed by atoms with Gasteiger partial charge in [0.15, 0.2) is 0 Å². The molecule has 162 valence electrons. The number of pyridine rings is 1. The van der Waals surface area contributed by atoms with Crippen molar-refractivity contribution >= 4 is 21.6 Å². The molecule has 9 heteroatoms. The molecule has 0 fully saturated rings. The van der Waals surface area contributed by atoms with Crippen LogP contribution in [0.3, 0.4) is 0 Å². The van der Waals surface area contributed by atoms with Crippen molar-refractivity contribution in [1.82, 2.24) is 19.9 Å². The van der Waals surface area contributed by atoms with E-state index in [1.807, 2.05) is 48.1 Å². The maximum atomic E-state index is 13.0. The van der Waals surface area contributed by atoms with Crippen LogP contribution in [0.15, 0.2) is 96.4 Å². The first-order valence-electron chi connectivity index (χ1n) is 9.80. The zero-order chi connectivity index (χ0) is 22.6. The first-order valence-corrected chi connectivity index (χ1v) is 11.3. The van der Waals surface area contributed by atoms with Gasteiger partial charge in [0.1, 0.15) is 11.9 Å². The lowest BCUT2D eigenvalue weighted by Gasteiger charge is -2.19. The number of amides is 1. The molecule has 2 N–H and O–H groups in total. The Morgan fingerprint density at radius 2 is 1.62 bits per heavy atom. The van der Waals surface area contributed by atoms with E-state index in [1.54, 1.807) is 18.3 Å². The molecule has 0 saturated carbocycles. The third kappa shape index (κ3) is 4.68. The van der Waals surface area contributed by atoms with Gasteiger partial charge in [-0.25, -0.2) is 13.4 Å². The summed E-state index contributed by atoms with van der Waals surface area (Å²) in [6.45, 7) is 0. The highest BCUT2D eigenvalue weighted by atomic mass is 32.2. The minimum Gasteiger partial charge on any atom is -0.338 e. The molecule has 0 radical (unpaired) electrons. The number of aromatic nitrogens is 3. The van der Waals surface area contributed by atoms with Crippen LogP contribution < -0.4 is 10.0 Å². The molecular formula is C23H21N5O3S. The standard InChI is InChI=1S/C23H21N5O3S/c1-28-16-15-25-22(28)21(17-5-3-2-4-6-17)26-23(29)18-7-9-20(10-8-18)32(30,31)27-19-11-13-24-14-12-19/h2-16,21H,1H3,(H,24,27)(H,26,29). The van der Waals surface area contributed by atoms with Crippen LogP contribution in [-0.4, -0.2) is 28.9 Å². The fourth-order valence-electron chi connectivity index (χ4n) is 3.23. The van der Waals surface area contributed by atoms with E-state index in [9.17, 15) is 13.2 Å². The van der Waals surface area contributed by atoms with Crippen LogP contribution in [0, 0.1) is 0 Å². The van der Waals surface area contributed by atoms with Gasteiger partial charge >= 0.3 is 0 Å². The van der Waals surface area contributed by atoms with E-state index in [2.05, 4.69) is 20.0 Å². The van der Waals surface area contributed by atoms with E-state index < -0.39 is 16.1 Å². The lowest BCUT2D eigenvalue weighted by molar-refractivity contribution is 0.0941. The molecule has 32 heavy (non-hydrogen) atoms. The van der Waals surface area contributed by atoms with Crippen LogP contribution >= 0.6 is 0 Å². The van der Waals surface area contributed by atoms with Gasteiger partial charge in [-0.05, 0) is 42.0 Å². The molecule has 1 amide bonds. The Morgan fingerprint density at radius 3 is 2.25 bits per heavy atom. The van der Waals surface area contributed by atoms with Crippen molar-refractivity contribution in [3.05, 3.63) is 108 Å². The van der Waals surface area contributed by atoms with Crippen LogP contribution in [-0.2, 0) is 17.1 Å². The van der Waals surface area contributed by atoms with Crippen molar-refractivity contribution in [2.24, 2.45) is 7.05 Å². The van der Waals surface area contributed by atoms with E-state index >= 15 is 0 Å². The van der Waals surface area contributed by atoms with E-state index in [-0.39, 0.29) is 10.8 Å². The first-order chi connectivity index (χ1) is 15.4. The molecular weight excluding hydrogens is 426 g/mol. The molecule has 1 unspecified atom stereocenters. The summed E-state index contributed by atoms with van der Waals surface area (Å²) in [5.41, 5.74) is 1.63. The Bertz CT molecular complexity index is 1300. The van der Waals surface area contributed by atoms with Gasteiger partial charge in [0.25, 0.3) is 15.9 Å². The lowest BCUT2D eigenvalue weighted by Crippen LogP contribution is -2.31. The van der Waals surface area contributed by atoms with Crippen molar-refractivity contribution < 1.29 is 13.2 Å². The summed E-state index contributed by atoms with van der Waals surface area (Å²) in [6, 6.07) is 17.9. The summed E-state index contributed by atoms with van der Waals surface area (Å²) in [5.74, 6) is 0.346. The second-order valence-electron chi connectivity index (χ2n) is 7.08.